The first-order valence-corrected chi connectivity index (χ1v) is 9.65. The van der Waals surface area contributed by atoms with Gasteiger partial charge in [0.15, 0.2) is 0 Å². The number of aliphatic hydroxyl groups is 1. The van der Waals surface area contributed by atoms with Crippen LogP contribution in [0.15, 0.2) is 65.9 Å². The number of allylic oxidation sites excluding steroid dienone is 1. The van der Waals surface area contributed by atoms with Crippen molar-refractivity contribution >= 4 is 11.5 Å². The highest BCUT2D eigenvalue weighted by Crippen LogP contribution is 2.18. The van der Waals surface area contributed by atoms with Crippen molar-refractivity contribution in [1.82, 2.24) is 19.9 Å². The molecule has 8 nitrogen and oxygen atoms in total. The molecule has 8 heteroatoms. The van der Waals surface area contributed by atoms with Crippen molar-refractivity contribution in [3.8, 4) is 17.3 Å². The highest BCUT2D eigenvalue weighted by Gasteiger charge is 2.09. The first-order valence-electron chi connectivity index (χ1n) is 9.65. The molecule has 3 N–H and O–H groups in total. The summed E-state index contributed by atoms with van der Waals surface area (Å²) in [6.45, 7) is 1.02. The Morgan fingerprint density at radius 1 is 1.26 bits per heavy atom. The largest absolute Gasteiger partial charge is 0.506 e. The van der Waals surface area contributed by atoms with Crippen LogP contribution in [0.5, 0.6) is 0 Å². The molecule has 0 unspecified atom stereocenters. The topological polar surface area (TPSA) is 128 Å². The van der Waals surface area contributed by atoms with Crippen LogP contribution >= 0.6 is 0 Å². The number of aliphatic hydroxyl groups excluding tert-OH is 1. The third kappa shape index (κ3) is 5.50. The van der Waals surface area contributed by atoms with Gasteiger partial charge < -0.3 is 20.4 Å². The molecule has 0 saturated heterocycles. The molecule has 0 saturated carbocycles. The van der Waals surface area contributed by atoms with Gasteiger partial charge >= 0.3 is 0 Å². The molecule has 3 rings (SSSR count). The van der Waals surface area contributed by atoms with Gasteiger partial charge in [-0.3, -0.25) is 9.78 Å². The van der Waals surface area contributed by atoms with Crippen molar-refractivity contribution in [2.24, 2.45) is 0 Å². The normalized spacial score (nSPS) is 11.2. The van der Waals surface area contributed by atoms with Gasteiger partial charge in [0.05, 0.1) is 36.3 Å². The average molecular weight is 414 g/mol. The zero-order valence-corrected chi connectivity index (χ0v) is 17.0. The van der Waals surface area contributed by atoms with E-state index < -0.39 is 0 Å². The molecular weight excluding hydrogens is 392 g/mol. The van der Waals surface area contributed by atoms with Crippen molar-refractivity contribution in [2.45, 2.75) is 19.5 Å². The molecule has 3 aromatic rings. The number of aryl methyl sites for hydroxylation is 1. The van der Waals surface area contributed by atoms with E-state index in [2.05, 4.69) is 15.3 Å². The maximum atomic E-state index is 11.9. The van der Waals surface area contributed by atoms with Gasteiger partial charge in [-0.15, -0.1) is 0 Å². The Bertz CT molecular complexity index is 1210. The lowest BCUT2D eigenvalue weighted by Crippen LogP contribution is -2.18. The number of aromatic nitrogens is 3. The van der Waals surface area contributed by atoms with Crippen LogP contribution in [0.2, 0.25) is 0 Å². The van der Waals surface area contributed by atoms with Crippen LogP contribution in [0.4, 0.5) is 0 Å². The minimum Gasteiger partial charge on any atom is -0.506 e. The van der Waals surface area contributed by atoms with Gasteiger partial charge in [0.1, 0.15) is 11.5 Å². The molecule has 0 aliphatic carbocycles. The summed E-state index contributed by atoms with van der Waals surface area (Å²) < 4.78 is 1.44. The number of hydrogen-bond donors (Lipinski definition) is 3. The van der Waals surface area contributed by atoms with Crippen molar-refractivity contribution in [3.05, 3.63) is 88.2 Å². The zero-order valence-electron chi connectivity index (χ0n) is 17.0. The van der Waals surface area contributed by atoms with Crippen LogP contribution in [0.25, 0.3) is 17.0 Å². The Morgan fingerprint density at radius 2 is 2.03 bits per heavy atom. The van der Waals surface area contributed by atoms with Crippen LogP contribution in [0.3, 0.4) is 0 Å². The van der Waals surface area contributed by atoms with Crippen molar-refractivity contribution in [2.75, 3.05) is 7.05 Å². The molecule has 2 heterocycles. The second kappa shape index (κ2) is 10.1. The van der Waals surface area contributed by atoms with E-state index >= 15 is 0 Å². The molecule has 31 heavy (non-hydrogen) atoms. The first-order chi connectivity index (χ1) is 15.0. The van der Waals surface area contributed by atoms with E-state index in [0.717, 1.165) is 12.1 Å². The molecule has 0 spiro atoms. The predicted octanol–water partition coefficient (Wildman–Crippen LogP) is 2.91. The van der Waals surface area contributed by atoms with E-state index in [0.29, 0.717) is 16.8 Å². The summed E-state index contributed by atoms with van der Waals surface area (Å²) in [5.41, 5.74) is 3.01. The maximum absolute atomic E-state index is 11.9. The monoisotopic (exact) mass is 414 g/mol. The smallest absolute Gasteiger partial charge is 0.250 e. The number of nitrogens with zero attached hydrogens (tertiary/aromatic N) is 4. The van der Waals surface area contributed by atoms with Gasteiger partial charge in [0.25, 0.3) is 5.56 Å². The Kier molecular flexibility index (Phi) is 7.04. The maximum Gasteiger partial charge on any atom is 0.250 e. The van der Waals surface area contributed by atoms with Gasteiger partial charge in [-0.1, -0.05) is 24.3 Å². The quantitative estimate of drug-likeness (QED) is 0.384. The summed E-state index contributed by atoms with van der Waals surface area (Å²) in [4.78, 5) is 20.5. The summed E-state index contributed by atoms with van der Waals surface area (Å²) >= 11 is 0. The molecule has 0 bridgehead atoms. The fourth-order valence-electron chi connectivity index (χ4n) is 2.96. The SMILES string of the molecule is CNCc1ccc(C(=N)/C=C(\O)c2cncc(-c3ccc(=O)n(CCC#N)c3)n2)cc1. The van der Waals surface area contributed by atoms with E-state index in [1.54, 1.807) is 12.3 Å². The summed E-state index contributed by atoms with van der Waals surface area (Å²) in [5, 5.41) is 30.6. The number of nitrogens with one attached hydrogen (secondary N) is 2. The third-order valence-electron chi connectivity index (χ3n) is 4.57. The summed E-state index contributed by atoms with van der Waals surface area (Å²) in [6.07, 6.45) is 6.09. The molecule has 0 radical (unpaired) electrons. The van der Waals surface area contributed by atoms with Gasteiger partial charge in [-0.25, -0.2) is 4.98 Å². The van der Waals surface area contributed by atoms with Crippen molar-refractivity contribution in [3.63, 3.8) is 0 Å². The number of hydrogen-bond acceptors (Lipinski definition) is 7. The Labute approximate surface area is 179 Å². The molecule has 0 amide bonds. The third-order valence-corrected chi connectivity index (χ3v) is 4.57. The van der Waals surface area contributed by atoms with E-state index in [1.165, 1.54) is 29.1 Å². The molecule has 0 fully saturated rings. The minimum atomic E-state index is -0.208. The van der Waals surface area contributed by atoms with Crippen LogP contribution < -0.4 is 10.9 Å². The van der Waals surface area contributed by atoms with Crippen LogP contribution in [0, 0.1) is 16.7 Å². The molecule has 156 valence electrons. The lowest BCUT2D eigenvalue weighted by molar-refractivity contribution is 0.509. The number of nitriles is 1. The van der Waals surface area contributed by atoms with Crippen LogP contribution in [-0.4, -0.2) is 32.4 Å². The lowest BCUT2D eigenvalue weighted by Gasteiger charge is -2.08. The van der Waals surface area contributed by atoms with Crippen LogP contribution in [-0.2, 0) is 13.1 Å². The standard InChI is InChI=1S/C23H22N6O2/c1-26-12-16-3-5-17(6-4-16)19(25)11-22(30)21-14-27-13-20(28-21)18-7-8-23(31)29(15-18)10-2-9-24/h3-8,11,13-15,25-26,30H,2,10,12H2,1H3/b22-11-,25-19?. The van der Waals surface area contributed by atoms with E-state index in [9.17, 15) is 9.90 Å². The summed E-state index contributed by atoms with van der Waals surface area (Å²) in [6, 6.07) is 12.5. The molecular formula is C23H22N6O2. The predicted molar refractivity (Wildman–Crippen MR) is 119 cm³/mol. The summed E-state index contributed by atoms with van der Waals surface area (Å²) in [5.74, 6) is -0.184. The molecule has 0 aliphatic heterocycles. The summed E-state index contributed by atoms with van der Waals surface area (Å²) in [7, 11) is 1.87. The van der Waals surface area contributed by atoms with Gasteiger partial charge in [0, 0.05) is 37.0 Å². The second-order valence-electron chi connectivity index (χ2n) is 6.82. The fraction of sp³-hybridized carbons (Fsp3) is 0.174. The molecule has 0 atom stereocenters. The van der Waals surface area contributed by atoms with E-state index in [-0.39, 0.29) is 35.7 Å². The van der Waals surface area contributed by atoms with Crippen molar-refractivity contribution < 1.29 is 5.11 Å². The molecule has 0 aliphatic rings. The van der Waals surface area contributed by atoms with E-state index in [1.807, 2.05) is 37.4 Å². The Balaban J connectivity index is 1.84. The number of rotatable bonds is 8. The fourth-order valence-corrected chi connectivity index (χ4v) is 2.96. The number of pyridine rings is 1. The van der Waals surface area contributed by atoms with Gasteiger partial charge in [-0.05, 0) is 24.2 Å². The zero-order chi connectivity index (χ0) is 22.2. The highest BCUT2D eigenvalue weighted by atomic mass is 16.3. The highest BCUT2D eigenvalue weighted by molar-refractivity contribution is 6.09. The Morgan fingerprint density at radius 3 is 2.74 bits per heavy atom. The first kappa shape index (κ1) is 21.6. The number of benzene rings is 1. The Hall–Kier alpha value is -4.09. The minimum absolute atomic E-state index is 0.144. The second-order valence-corrected chi connectivity index (χ2v) is 6.82. The van der Waals surface area contributed by atoms with Gasteiger partial charge in [0.2, 0.25) is 0 Å². The van der Waals surface area contributed by atoms with Crippen molar-refractivity contribution in [1.29, 1.82) is 10.7 Å². The van der Waals surface area contributed by atoms with Gasteiger partial charge in [-0.2, -0.15) is 5.26 Å². The molecule has 1 aromatic carbocycles. The van der Waals surface area contributed by atoms with E-state index in [4.69, 9.17) is 10.7 Å². The van der Waals surface area contributed by atoms with Crippen LogP contribution in [0.1, 0.15) is 23.2 Å². The lowest BCUT2D eigenvalue weighted by atomic mass is 10.1. The molecule has 2 aromatic heterocycles. The average Bonchev–Trinajstić information content (AvgIpc) is 2.79.